The molecule has 0 unspecified atom stereocenters. The summed E-state index contributed by atoms with van der Waals surface area (Å²) >= 11 is 0. The SMILES string of the molecule is CCCc1cc(C(C)C)nc(C2(N)CCCCC2)n1. The Morgan fingerprint density at radius 1 is 1.21 bits per heavy atom. The summed E-state index contributed by atoms with van der Waals surface area (Å²) < 4.78 is 0. The second kappa shape index (κ2) is 6.00. The zero-order chi connectivity index (χ0) is 13.9. The van der Waals surface area contributed by atoms with Crippen LogP contribution in [0.3, 0.4) is 0 Å². The van der Waals surface area contributed by atoms with Gasteiger partial charge >= 0.3 is 0 Å². The molecule has 3 heteroatoms. The van der Waals surface area contributed by atoms with Crippen molar-refractivity contribution >= 4 is 0 Å². The van der Waals surface area contributed by atoms with E-state index in [4.69, 9.17) is 15.7 Å². The van der Waals surface area contributed by atoms with E-state index in [-0.39, 0.29) is 5.54 Å². The van der Waals surface area contributed by atoms with Gasteiger partial charge in [0, 0.05) is 11.4 Å². The van der Waals surface area contributed by atoms with Crippen LogP contribution in [0.4, 0.5) is 0 Å². The quantitative estimate of drug-likeness (QED) is 0.899. The number of hydrogen-bond donors (Lipinski definition) is 1. The van der Waals surface area contributed by atoms with Gasteiger partial charge in [0.05, 0.1) is 5.54 Å². The summed E-state index contributed by atoms with van der Waals surface area (Å²) in [5.41, 5.74) is 8.60. The second-order valence-electron chi connectivity index (χ2n) is 6.23. The summed E-state index contributed by atoms with van der Waals surface area (Å²) in [6, 6.07) is 2.16. The lowest BCUT2D eigenvalue weighted by Gasteiger charge is -2.32. The normalized spacial score (nSPS) is 18.8. The Hall–Kier alpha value is -0.960. The van der Waals surface area contributed by atoms with Gasteiger partial charge in [-0.3, -0.25) is 0 Å². The lowest BCUT2D eigenvalue weighted by atomic mass is 9.81. The second-order valence-corrected chi connectivity index (χ2v) is 6.23. The molecule has 0 saturated heterocycles. The van der Waals surface area contributed by atoms with Crippen LogP contribution in [0.1, 0.15) is 82.4 Å². The maximum Gasteiger partial charge on any atom is 0.148 e. The largest absolute Gasteiger partial charge is 0.319 e. The molecule has 1 fully saturated rings. The third-order valence-corrected chi connectivity index (χ3v) is 4.09. The summed E-state index contributed by atoms with van der Waals surface area (Å²) in [7, 11) is 0. The van der Waals surface area contributed by atoms with Gasteiger partial charge in [-0.1, -0.05) is 46.5 Å². The van der Waals surface area contributed by atoms with Crippen LogP contribution in [0.5, 0.6) is 0 Å². The van der Waals surface area contributed by atoms with Crippen LogP contribution in [0.2, 0.25) is 0 Å². The molecule has 2 N–H and O–H groups in total. The Kier molecular flexibility index (Phi) is 4.56. The zero-order valence-corrected chi connectivity index (χ0v) is 12.6. The highest BCUT2D eigenvalue weighted by molar-refractivity contribution is 5.19. The van der Waals surface area contributed by atoms with E-state index in [9.17, 15) is 0 Å². The summed E-state index contributed by atoms with van der Waals surface area (Å²) in [5.74, 6) is 1.33. The molecule has 1 aromatic rings. The van der Waals surface area contributed by atoms with Crippen LogP contribution in [0.25, 0.3) is 0 Å². The molecule has 0 aliphatic heterocycles. The van der Waals surface area contributed by atoms with Crippen molar-refractivity contribution in [3.8, 4) is 0 Å². The highest BCUT2D eigenvalue weighted by Crippen LogP contribution is 2.33. The predicted molar refractivity (Wildman–Crippen MR) is 79.1 cm³/mol. The number of aryl methyl sites for hydroxylation is 1. The number of nitrogens with zero attached hydrogens (tertiary/aromatic N) is 2. The van der Waals surface area contributed by atoms with E-state index in [2.05, 4.69) is 26.8 Å². The van der Waals surface area contributed by atoms with Gasteiger partial charge in [0.1, 0.15) is 5.82 Å². The van der Waals surface area contributed by atoms with Gasteiger partial charge in [-0.2, -0.15) is 0 Å². The molecule has 19 heavy (non-hydrogen) atoms. The molecule has 0 amide bonds. The molecule has 0 bridgehead atoms. The van der Waals surface area contributed by atoms with Gasteiger partial charge in [0.15, 0.2) is 0 Å². The maximum absolute atomic E-state index is 6.59. The van der Waals surface area contributed by atoms with Crippen molar-refractivity contribution in [1.29, 1.82) is 0 Å². The minimum atomic E-state index is -0.286. The summed E-state index contributed by atoms with van der Waals surface area (Å²) in [5, 5.41) is 0. The van der Waals surface area contributed by atoms with Crippen molar-refractivity contribution in [2.24, 2.45) is 5.73 Å². The highest BCUT2D eigenvalue weighted by atomic mass is 15.0. The van der Waals surface area contributed by atoms with Crippen molar-refractivity contribution in [3.05, 3.63) is 23.3 Å². The minimum Gasteiger partial charge on any atom is -0.319 e. The van der Waals surface area contributed by atoms with Crippen LogP contribution >= 0.6 is 0 Å². The zero-order valence-electron chi connectivity index (χ0n) is 12.6. The first-order chi connectivity index (χ1) is 9.05. The van der Waals surface area contributed by atoms with E-state index in [1.165, 1.54) is 19.3 Å². The fourth-order valence-electron chi connectivity index (χ4n) is 2.83. The first-order valence-corrected chi connectivity index (χ1v) is 7.72. The van der Waals surface area contributed by atoms with Crippen LogP contribution in [0, 0.1) is 0 Å². The molecule has 1 aliphatic carbocycles. The Labute approximate surface area is 117 Å². The summed E-state index contributed by atoms with van der Waals surface area (Å²) in [6.07, 6.45) is 7.89. The van der Waals surface area contributed by atoms with Crippen molar-refractivity contribution in [3.63, 3.8) is 0 Å². The highest BCUT2D eigenvalue weighted by Gasteiger charge is 2.32. The van der Waals surface area contributed by atoms with Gasteiger partial charge in [-0.25, -0.2) is 9.97 Å². The molecule has 0 radical (unpaired) electrons. The van der Waals surface area contributed by atoms with E-state index in [1.54, 1.807) is 0 Å². The Morgan fingerprint density at radius 2 is 1.89 bits per heavy atom. The van der Waals surface area contributed by atoms with E-state index in [0.717, 1.165) is 42.9 Å². The Balaban J connectivity index is 2.37. The number of aromatic nitrogens is 2. The first-order valence-electron chi connectivity index (χ1n) is 7.72. The van der Waals surface area contributed by atoms with Gasteiger partial charge < -0.3 is 5.73 Å². The number of hydrogen-bond acceptors (Lipinski definition) is 3. The lowest BCUT2D eigenvalue weighted by molar-refractivity contribution is 0.285. The lowest BCUT2D eigenvalue weighted by Crippen LogP contribution is -2.40. The molecule has 0 aromatic carbocycles. The monoisotopic (exact) mass is 261 g/mol. The maximum atomic E-state index is 6.59. The molecule has 1 aromatic heterocycles. The van der Waals surface area contributed by atoms with Crippen LogP contribution in [-0.2, 0) is 12.0 Å². The van der Waals surface area contributed by atoms with E-state index < -0.39 is 0 Å². The van der Waals surface area contributed by atoms with Crippen LogP contribution in [0.15, 0.2) is 6.07 Å². The van der Waals surface area contributed by atoms with Gasteiger partial charge in [0.25, 0.3) is 0 Å². The average molecular weight is 261 g/mol. The van der Waals surface area contributed by atoms with Crippen molar-refractivity contribution in [2.45, 2.75) is 77.2 Å². The molecule has 3 nitrogen and oxygen atoms in total. The molecule has 1 heterocycles. The standard InChI is InChI=1S/C16H27N3/c1-4-8-13-11-14(12(2)3)19-15(18-13)16(17)9-6-5-7-10-16/h11-12H,4-10,17H2,1-3H3. The molecular weight excluding hydrogens is 234 g/mol. The van der Waals surface area contributed by atoms with Crippen molar-refractivity contribution in [1.82, 2.24) is 9.97 Å². The van der Waals surface area contributed by atoms with Crippen LogP contribution in [-0.4, -0.2) is 9.97 Å². The number of nitrogens with two attached hydrogens (primary N) is 1. The first kappa shape index (κ1) is 14.4. The molecule has 0 spiro atoms. The fraction of sp³-hybridized carbons (Fsp3) is 0.750. The molecular formula is C16H27N3. The predicted octanol–water partition coefficient (Wildman–Crippen LogP) is 3.67. The fourth-order valence-corrected chi connectivity index (χ4v) is 2.83. The number of rotatable bonds is 4. The summed E-state index contributed by atoms with van der Waals surface area (Å²) in [4.78, 5) is 9.54. The van der Waals surface area contributed by atoms with E-state index >= 15 is 0 Å². The van der Waals surface area contributed by atoms with Crippen molar-refractivity contribution < 1.29 is 0 Å². The van der Waals surface area contributed by atoms with E-state index in [1.807, 2.05) is 0 Å². The molecule has 1 saturated carbocycles. The molecule has 1 aliphatic rings. The molecule has 106 valence electrons. The van der Waals surface area contributed by atoms with Crippen molar-refractivity contribution in [2.75, 3.05) is 0 Å². The third-order valence-electron chi connectivity index (χ3n) is 4.09. The molecule has 0 atom stereocenters. The smallest absolute Gasteiger partial charge is 0.148 e. The van der Waals surface area contributed by atoms with Gasteiger partial charge in [-0.05, 0) is 31.2 Å². The minimum absolute atomic E-state index is 0.286. The Bertz CT molecular complexity index is 420. The average Bonchev–Trinajstić information content (AvgIpc) is 2.39. The topological polar surface area (TPSA) is 51.8 Å². The third kappa shape index (κ3) is 3.33. The van der Waals surface area contributed by atoms with Gasteiger partial charge in [-0.15, -0.1) is 0 Å². The Morgan fingerprint density at radius 3 is 2.47 bits per heavy atom. The van der Waals surface area contributed by atoms with Crippen LogP contribution < -0.4 is 5.73 Å². The van der Waals surface area contributed by atoms with E-state index in [0.29, 0.717) is 5.92 Å². The van der Waals surface area contributed by atoms with Gasteiger partial charge in [0.2, 0.25) is 0 Å². The molecule has 2 rings (SSSR count). The summed E-state index contributed by atoms with van der Waals surface area (Å²) in [6.45, 7) is 6.56.